The highest BCUT2D eigenvalue weighted by Crippen LogP contribution is 2.20. The second-order valence-electron chi connectivity index (χ2n) is 4.20. The molecule has 20 heavy (non-hydrogen) atoms. The van der Waals surface area contributed by atoms with E-state index in [0.717, 1.165) is 0 Å². The Morgan fingerprint density at radius 3 is 2.95 bits per heavy atom. The molecule has 3 heterocycles. The van der Waals surface area contributed by atoms with Crippen LogP contribution in [-0.2, 0) is 12.8 Å². The number of hydrogen-bond acceptors (Lipinski definition) is 6. The van der Waals surface area contributed by atoms with Gasteiger partial charge < -0.3 is 5.73 Å². The number of nitrogens with two attached hydrogens (primary N) is 1. The van der Waals surface area contributed by atoms with Crippen molar-refractivity contribution in [3.8, 4) is 0 Å². The van der Waals surface area contributed by atoms with Crippen molar-refractivity contribution in [1.29, 1.82) is 0 Å². The van der Waals surface area contributed by atoms with Gasteiger partial charge in [-0.25, -0.2) is 4.98 Å². The van der Waals surface area contributed by atoms with Gasteiger partial charge in [0.15, 0.2) is 5.16 Å². The number of anilines is 1. The second-order valence-corrected chi connectivity index (χ2v) is 5.15. The number of aromatic nitrogens is 5. The number of hydrogen-bond donors (Lipinski definition) is 1. The van der Waals surface area contributed by atoms with Crippen LogP contribution in [0, 0.1) is 0 Å². The molecule has 0 amide bonds. The smallest absolute Gasteiger partial charge is 0.258 e. The molecule has 0 fully saturated rings. The third-order valence-corrected chi connectivity index (χ3v) is 3.90. The highest BCUT2D eigenvalue weighted by Gasteiger charge is 2.08. The van der Waals surface area contributed by atoms with Crippen molar-refractivity contribution in [1.82, 2.24) is 24.1 Å². The van der Waals surface area contributed by atoms with Gasteiger partial charge in [0.2, 0.25) is 5.95 Å². The molecule has 0 aliphatic heterocycles. The van der Waals surface area contributed by atoms with Gasteiger partial charge in [-0.1, -0.05) is 17.8 Å². The summed E-state index contributed by atoms with van der Waals surface area (Å²) in [6, 6.07) is 6.98. The number of pyridine rings is 1. The molecule has 0 saturated carbocycles. The van der Waals surface area contributed by atoms with E-state index in [0.29, 0.717) is 28.2 Å². The summed E-state index contributed by atoms with van der Waals surface area (Å²) in [5, 5.41) is 8.43. The van der Waals surface area contributed by atoms with Crippen LogP contribution < -0.4 is 11.3 Å². The van der Waals surface area contributed by atoms with Crippen molar-refractivity contribution in [2.75, 3.05) is 5.73 Å². The van der Waals surface area contributed by atoms with Gasteiger partial charge in [-0.15, -0.1) is 10.2 Å². The lowest BCUT2D eigenvalue weighted by Gasteiger charge is -2.03. The van der Waals surface area contributed by atoms with Crippen LogP contribution in [0.15, 0.2) is 40.4 Å². The Morgan fingerprint density at radius 2 is 2.20 bits per heavy atom. The first kappa shape index (κ1) is 12.7. The number of nitrogens with zero attached hydrogens (tertiary/aromatic N) is 5. The molecule has 0 aliphatic carbocycles. The van der Waals surface area contributed by atoms with Gasteiger partial charge >= 0.3 is 0 Å². The minimum absolute atomic E-state index is 0.0938. The third kappa shape index (κ3) is 2.25. The lowest BCUT2D eigenvalue weighted by Crippen LogP contribution is -2.14. The Hall–Kier alpha value is -2.35. The molecule has 102 valence electrons. The predicted octanol–water partition coefficient (Wildman–Crippen LogP) is 0.697. The van der Waals surface area contributed by atoms with Gasteiger partial charge in [-0.05, 0) is 12.1 Å². The summed E-state index contributed by atoms with van der Waals surface area (Å²) in [6.45, 7) is 0. The lowest BCUT2D eigenvalue weighted by atomic mass is 10.4. The summed E-state index contributed by atoms with van der Waals surface area (Å²) < 4.78 is 3.20. The van der Waals surface area contributed by atoms with Gasteiger partial charge in [0, 0.05) is 25.1 Å². The van der Waals surface area contributed by atoms with Crippen molar-refractivity contribution in [3.63, 3.8) is 0 Å². The van der Waals surface area contributed by atoms with Gasteiger partial charge in [-0.2, -0.15) is 0 Å². The van der Waals surface area contributed by atoms with Crippen LogP contribution in [-0.4, -0.2) is 24.1 Å². The standard InChI is InChI=1S/C12H12N6OS/c1-17-11(13)15-16-12(17)20-7-8-6-10(19)18-5-3-2-4-9(18)14-8/h2-6H,7H2,1H3,(H2,13,15). The predicted molar refractivity (Wildman–Crippen MR) is 76.4 cm³/mol. The van der Waals surface area contributed by atoms with Crippen molar-refractivity contribution in [2.45, 2.75) is 10.9 Å². The molecule has 8 heteroatoms. The zero-order chi connectivity index (χ0) is 14.1. The highest BCUT2D eigenvalue weighted by molar-refractivity contribution is 7.98. The molecule has 0 atom stereocenters. The molecule has 3 aromatic rings. The van der Waals surface area contributed by atoms with Crippen molar-refractivity contribution >= 4 is 23.4 Å². The minimum atomic E-state index is -0.0938. The highest BCUT2D eigenvalue weighted by atomic mass is 32.2. The zero-order valence-corrected chi connectivity index (χ0v) is 11.5. The maximum absolute atomic E-state index is 11.9. The fraction of sp³-hybridized carbons (Fsp3) is 0.167. The molecule has 0 spiro atoms. The largest absolute Gasteiger partial charge is 0.368 e. The van der Waals surface area contributed by atoms with Crippen LogP contribution in [0.5, 0.6) is 0 Å². The number of fused-ring (bicyclic) bond motifs is 1. The molecule has 0 bridgehead atoms. The maximum atomic E-state index is 11.9. The molecule has 2 N–H and O–H groups in total. The van der Waals surface area contributed by atoms with Crippen molar-refractivity contribution < 1.29 is 0 Å². The molecule has 0 aliphatic rings. The van der Waals surface area contributed by atoms with Crippen molar-refractivity contribution in [2.24, 2.45) is 7.05 Å². The first-order valence-corrected chi connectivity index (χ1v) is 6.89. The van der Waals surface area contributed by atoms with Gasteiger partial charge in [0.1, 0.15) is 5.65 Å². The van der Waals surface area contributed by atoms with Crippen LogP contribution in [0.3, 0.4) is 0 Å². The van der Waals surface area contributed by atoms with E-state index < -0.39 is 0 Å². The Labute approximate surface area is 118 Å². The number of nitrogen functional groups attached to an aromatic ring is 1. The fourth-order valence-electron chi connectivity index (χ4n) is 1.77. The van der Waals surface area contributed by atoms with Crippen LogP contribution in [0.25, 0.3) is 5.65 Å². The van der Waals surface area contributed by atoms with Crippen LogP contribution in [0.4, 0.5) is 5.95 Å². The van der Waals surface area contributed by atoms with Crippen LogP contribution in [0.2, 0.25) is 0 Å². The summed E-state index contributed by atoms with van der Waals surface area (Å²) >= 11 is 1.44. The van der Waals surface area contributed by atoms with Gasteiger partial charge in [-0.3, -0.25) is 13.8 Å². The minimum Gasteiger partial charge on any atom is -0.368 e. The Kier molecular flexibility index (Phi) is 3.15. The van der Waals surface area contributed by atoms with E-state index in [1.165, 1.54) is 22.2 Å². The SMILES string of the molecule is Cn1c(N)nnc1SCc1cc(=O)n2ccccc2n1. The topological polar surface area (TPSA) is 91.1 Å². The molecule has 7 nitrogen and oxygen atoms in total. The monoisotopic (exact) mass is 288 g/mol. The Bertz CT molecular complexity index is 824. The molecule has 0 radical (unpaired) electrons. The van der Waals surface area contributed by atoms with Crippen molar-refractivity contribution in [3.05, 3.63) is 46.5 Å². The summed E-state index contributed by atoms with van der Waals surface area (Å²) in [5.41, 5.74) is 6.86. The van der Waals surface area contributed by atoms with Gasteiger partial charge in [0.25, 0.3) is 5.56 Å². The van der Waals surface area contributed by atoms with E-state index in [1.807, 2.05) is 6.07 Å². The van der Waals surface area contributed by atoms with E-state index in [-0.39, 0.29) is 5.56 Å². The molecule has 0 unspecified atom stereocenters. The third-order valence-electron chi connectivity index (χ3n) is 2.84. The maximum Gasteiger partial charge on any atom is 0.258 e. The van der Waals surface area contributed by atoms with Crippen LogP contribution in [0.1, 0.15) is 5.69 Å². The Morgan fingerprint density at radius 1 is 1.35 bits per heavy atom. The number of thioether (sulfide) groups is 1. The van der Waals surface area contributed by atoms with E-state index in [1.54, 1.807) is 29.9 Å². The second kappa shape index (κ2) is 4.97. The van der Waals surface area contributed by atoms with E-state index >= 15 is 0 Å². The number of rotatable bonds is 3. The summed E-state index contributed by atoms with van der Waals surface area (Å²) in [5.74, 6) is 0.895. The van der Waals surface area contributed by atoms with E-state index in [9.17, 15) is 4.79 Å². The Balaban J connectivity index is 1.88. The van der Waals surface area contributed by atoms with Gasteiger partial charge in [0.05, 0.1) is 5.69 Å². The molecule has 0 saturated heterocycles. The first-order chi connectivity index (χ1) is 9.65. The average molecular weight is 288 g/mol. The quantitative estimate of drug-likeness (QED) is 0.713. The summed E-state index contributed by atoms with van der Waals surface area (Å²) in [4.78, 5) is 16.4. The lowest BCUT2D eigenvalue weighted by molar-refractivity contribution is 0.795. The molecule has 3 aromatic heterocycles. The molecule has 0 aromatic carbocycles. The average Bonchev–Trinajstić information content (AvgIpc) is 2.77. The van der Waals surface area contributed by atoms with Crippen LogP contribution >= 0.6 is 11.8 Å². The summed E-state index contributed by atoms with van der Waals surface area (Å²) in [6.07, 6.45) is 1.70. The molecular weight excluding hydrogens is 276 g/mol. The fourth-order valence-corrected chi connectivity index (χ4v) is 2.58. The van der Waals surface area contributed by atoms with E-state index in [2.05, 4.69) is 15.2 Å². The summed E-state index contributed by atoms with van der Waals surface area (Å²) in [7, 11) is 1.79. The molecule has 3 rings (SSSR count). The first-order valence-electron chi connectivity index (χ1n) is 5.90. The molecular formula is C12H12N6OS. The normalized spacial score (nSPS) is 11.1. The van der Waals surface area contributed by atoms with E-state index in [4.69, 9.17) is 5.73 Å². The zero-order valence-electron chi connectivity index (χ0n) is 10.7.